The fourth-order valence-corrected chi connectivity index (χ4v) is 3.85. The molecule has 3 rings (SSSR count). The number of hydrogen-bond donors (Lipinski definition) is 1. The number of rotatable bonds is 4. The number of nitrogens with zero attached hydrogens (tertiary/aromatic N) is 2. The van der Waals surface area contributed by atoms with Gasteiger partial charge in [0.2, 0.25) is 11.8 Å². The number of pyridine rings is 1. The highest BCUT2D eigenvalue weighted by Gasteiger charge is 2.29. The van der Waals surface area contributed by atoms with Crippen LogP contribution in [-0.4, -0.2) is 48.0 Å². The molecule has 136 valence electrons. The first-order chi connectivity index (χ1) is 12.1. The van der Waals surface area contributed by atoms with Crippen molar-refractivity contribution in [1.29, 1.82) is 0 Å². The maximum atomic E-state index is 12.8. The summed E-state index contributed by atoms with van der Waals surface area (Å²) in [7, 11) is 0. The van der Waals surface area contributed by atoms with Crippen molar-refractivity contribution < 1.29 is 14.3 Å². The number of amides is 2. The molecular formula is C19H27N3O3. The molecule has 2 amide bonds. The molecule has 2 fully saturated rings. The number of nitrogens with two attached hydrogens (primary N) is 1. The Morgan fingerprint density at radius 1 is 1.28 bits per heavy atom. The lowest BCUT2D eigenvalue weighted by atomic mass is 9.88. The van der Waals surface area contributed by atoms with Gasteiger partial charge in [0.25, 0.3) is 0 Å². The molecule has 0 spiro atoms. The van der Waals surface area contributed by atoms with Gasteiger partial charge in [0.05, 0.1) is 13.2 Å². The van der Waals surface area contributed by atoms with Gasteiger partial charge in [-0.3, -0.25) is 14.6 Å². The molecule has 1 aliphatic carbocycles. The second kappa shape index (κ2) is 8.43. The molecule has 25 heavy (non-hydrogen) atoms. The van der Waals surface area contributed by atoms with Gasteiger partial charge in [-0.1, -0.05) is 19.3 Å². The maximum absolute atomic E-state index is 12.8. The van der Waals surface area contributed by atoms with Crippen LogP contribution in [0.3, 0.4) is 0 Å². The third-order valence-electron chi connectivity index (χ3n) is 5.20. The summed E-state index contributed by atoms with van der Waals surface area (Å²) in [6.45, 7) is 2.55. The summed E-state index contributed by atoms with van der Waals surface area (Å²) in [5.74, 6) is 0.207. The van der Waals surface area contributed by atoms with E-state index < -0.39 is 5.91 Å². The van der Waals surface area contributed by atoms with E-state index in [1.54, 1.807) is 18.3 Å². The van der Waals surface area contributed by atoms with Crippen molar-refractivity contribution >= 4 is 11.8 Å². The van der Waals surface area contributed by atoms with Crippen molar-refractivity contribution in [1.82, 2.24) is 9.88 Å². The standard InChI is InChI=1S/C19H27N3O3/c20-18(23)16-6-7-21-17(11-16)10-14-12-22(8-9-25-13-14)19(24)15-4-2-1-3-5-15/h6-7,11,14-15H,1-5,8-10,12-13H2,(H2,20,23). The normalized spacial score (nSPS) is 22.4. The van der Waals surface area contributed by atoms with Crippen LogP contribution in [0.5, 0.6) is 0 Å². The van der Waals surface area contributed by atoms with Crippen LogP contribution < -0.4 is 5.73 Å². The van der Waals surface area contributed by atoms with Gasteiger partial charge in [-0.05, 0) is 31.4 Å². The smallest absolute Gasteiger partial charge is 0.248 e. The molecule has 1 aliphatic heterocycles. The van der Waals surface area contributed by atoms with Crippen molar-refractivity contribution in [3.8, 4) is 0 Å². The van der Waals surface area contributed by atoms with Crippen molar-refractivity contribution in [3.05, 3.63) is 29.6 Å². The highest BCUT2D eigenvalue weighted by molar-refractivity contribution is 5.92. The largest absolute Gasteiger partial charge is 0.379 e. The topological polar surface area (TPSA) is 85.5 Å². The fraction of sp³-hybridized carbons (Fsp3) is 0.632. The van der Waals surface area contributed by atoms with Crippen LogP contribution in [-0.2, 0) is 16.0 Å². The summed E-state index contributed by atoms with van der Waals surface area (Å²) in [4.78, 5) is 30.5. The molecule has 0 aromatic carbocycles. The lowest BCUT2D eigenvalue weighted by Gasteiger charge is -2.29. The summed E-state index contributed by atoms with van der Waals surface area (Å²) in [6, 6.07) is 3.36. The number of primary amides is 1. The molecular weight excluding hydrogens is 318 g/mol. The van der Waals surface area contributed by atoms with Crippen LogP contribution in [0.25, 0.3) is 0 Å². The van der Waals surface area contributed by atoms with Gasteiger partial charge < -0.3 is 15.4 Å². The van der Waals surface area contributed by atoms with E-state index in [1.807, 2.05) is 4.90 Å². The number of aromatic nitrogens is 1. The van der Waals surface area contributed by atoms with E-state index in [9.17, 15) is 9.59 Å². The second-order valence-corrected chi connectivity index (χ2v) is 7.16. The number of hydrogen-bond acceptors (Lipinski definition) is 4. The zero-order valence-corrected chi connectivity index (χ0v) is 14.7. The molecule has 0 radical (unpaired) electrons. The van der Waals surface area contributed by atoms with Crippen LogP contribution in [0, 0.1) is 11.8 Å². The lowest BCUT2D eigenvalue weighted by molar-refractivity contribution is -0.137. The van der Waals surface area contributed by atoms with Crippen molar-refractivity contribution in [3.63, 3.8) is 0 Å². The van der Waals surface area contributed by atoms with Gasteiger partial charge in [-0.2, -0.15) is 0 Å². The van der Waals surface area contributed by atoms with Crippen LogP contribution >= 0.6 is 0 Å². The van der Waals surface area contributed by atoms with E-state index in [0.29, 0.717) is 38.3 Å². The molecule has 2 heterocycles. The van der Waals surface area contributed by atoms with E-state index in [4.69, 9.17) is 10.5 Å². The minimum atomic E-state index is -0.449. The summed E-state index contributed by atoms with van der Waals surface area (Å²) in [6.07, 6.45) is 7.89. The molecule has 1 atom stereocenters. The van der Waals surface area contributed by atoms with Crippen molar-refractivity contribution in [2.75, 3.05) is 26.3 Å². The monoisotopic (exact) mass is 345 g/mol. The summed E-state index contributed by atoms with van der Waals surface area (Å²) in [5.41, 5.74) is 6.62. The van der Waals surface area contributed by atoms with E-state index in [0.717, 1.165) is 31.4 Å². The average Bonchev–Trinajstić information content (AvgIpc) is 2.87. The van der Waals surface area contributed by atoms with Crippen molar-refractivity contribution in [2.24, 2.45) is 17.6 Å². The Hall–Kier alpha value is -1.95. The first-order valence-corrected chi connectivity index (χ1v) is 9.24. The Balaban J connectivity index is 1.64. The predicted octanol–water partition coefficient (Wildman–Crippen LogP) is 1.78. The quantitative estimate of drug-likeness (QED) is 0.901. The zero-order valence-electron chi connectivity index (χ0n) is 14.7. The highest BCUT2D eigenvalue weighted by Crippen LogP contribution is 2.26. The van der Waals surface area contributed by atoms with Gasteiger partial charge in [0.1, 0.15) is 0 Å². The van der Waals surface area contributed by atoms with Gasteiger partial charge in [0, 0.05) is 42.4 Å². The SMILES string of the molecule is NC(=O)c1ccnc(CC2COCCN(C(=O)C3CCCCC3)C2)c1. The van der Waals surface area contributed by atoms with E-state index >= 15 is 0 Å². The van der Waals surface area contributed by atoms with E-state index in [-0.39, 0.29) is 17.7 Å². The zero-order chi connectivity index (χ0) is 17.6. The molecule has 1 aromatic rings. The number of ether oxygens (including phenoxy) is 1. The van der Waals surface area contributed by atoms with E-state index in [2.05, 4.69) is 4.98 Å². The Morgan fingerprint density at radius 2 is 2.08 bits per heavy atom. The minimum Gasteiger partial charge on any atom is -0.379 e. The summed E-state index contributed by atoms with van der Waals surface area (Å²) in [5, 5.41) is 0. The Bertz CT molecular complexity index is 614. The summed E-state index contributed by atoms with van der Waals surface area (Å²) < 4.78 is 5.71. The first kappa shape index (κ1) is 17.9. The third kappa shape index (κ3) is 4.78. The Kier molecular flexibility index (Phi) is 6.02. The van der Waals surface area contributed by atoms with Crippen LogP contribution in [0.4, 0.5) is 0 Å². The van der Waals surface area contributed by atoms with Crippen LogP contribution in [0.2, 0.25) is 0 Å². The van der Waals surface area contributed by atoms with E-state index in [1.165, 1.54) is 6.42 Å². The first-order valence-electron chi connectivity index (χ1n) is 9.24. The average molecular weight is 345 g/mol. The number of carbonyl (C=O) groups is 2. The van der Waals surface area contributed by atoms with Gasteiger partial charge >= 0.3 is 0 Å². The second-order valence-electron chi connectivity index (χ2n) is 7.16. The predicted molar refractivity (Wildman–Crippen MR) is 93.9 cm³/mol. The molecule has 1 aromatic heterocycles. The molecule has 6 nitrogen and oxygen atoms in total. The molecule has 0 bridgehead atoms. The molecule has 6 heteroatoms. The van der Waals surface area contributed by atoms with Crippen LogP contribution in [0.15, 0.2) is 18.3 Å². The molecule has 1 unspecified atom stereocenters. The molecule has 2 N–H and O–H groups in total. The van der Waals surface area contributed by atoms with Crippen LogP contribution in [0.1, 0.15) is 48.2 Å². The lowest BCUT2D eigenvalue weighted by Crippen LogP contribution is -2.40. The highest BCUT2D eigenvalue weighted by atomic mass is 16.5. The van der Waals surface area contributed by atoms with Gasteiger partial charge in [0.15, 0.2) is 0 Å². The van der Waals surface area contributed by atoms with Crippen molar-refractivity contribution in [2.45, 2.75) is 38.5 Å². The molecule has 1 saturated carbocycles. The minimum absolute atomic E-state index is 0.184. The maximum Gasteiger partial charge on any atom is 0.248 e. The van der Waals surface area contributed by atoms with Gasteiger partial charge in [-0.25, -0.2) is 0 Å². The molecule has 2 aliphatic rings. The van der Waals surface area contributed by atoms with Gasteiger partial charge in [-0.15, -0.1) is 0 Å². The number of carbonyl (C=O) groups excluding carboxylic acids is 2. The fourth-order valence-electron chi connectivity index (χ4n) is 3.85. The Labute approximate surface area is 148 Å². The summed E-state index contributed by atoms with van der Waals surface area (Å²) >= 11 is 0. The third-order valence-corrected chi connectivity index (χ3v) is 5.20. The Morgan fingerprint density at radius 3 is 2.84 bits per heavy atom. The molecule has 1 saturated heterocycles.